The van der Waals surface area contributed by atoms with E-state index in [1.165, 1.54) is 4.88 Å². The van der Waals surface area contributed by atoms with E-state index in [0.29, 0.717) is 11.5 Å². The van der Waals surface area contributed by atoms with Gasteiger partial charge < -0.3 is 4.98 Å². The highest BCUT2D eigenvalue weighted by molar-refractivity contribution is 7.15. The maximum absolute atomic E-state index is 4.87. The summed E-state index contributed by atoms with van der Waals surface area (Å²) in [6.07, 6.45) is 7.20. The van der Waals surface area contributed by atoms with Crippen LogP contribution in [0.25, 0.3) is 55.3 Å². The van der Waals surface area contributed by atoms with Gasteiger partial charge in [-0.25, -0.2) is 9.97 Å². The van der Waals surface area contributed by atoms with Crippen molar-refractivity contribution in [2.45, 2.75) is 6.92 Å². The number of thiophene rings is 1. The van der Waals surface area contributed by atoms with Gasteiger partial charge in [-0.05, 0) is 43.3 Å². The molecule has 0 atom stereocenters. The summed E-state index contributed by atoms with van der Waals surface area (Å²) in [5.41, 5.74) is 6.84. The Morgan fingerprint density at radius 3 is 2.67 bits per heavy atom. The van der Waals surface area contributed by atoms with E-state index in [0.717, 1.165) is 43.8 Å². The van der Waals surface area contributed by atoms with Crippen molar-refractivity contribution in [1.82, 2.24) is 35.1 Å². The lowest BCUT2D eigenvalue weighted by atomic mass is 10.2. The highest BCUT2D eigenvalue weighted by Gasteiger charge is 2.17. The predicted octanol–water partition coefficient (Wildman–Crippen LogP) is 5.00. The molecule has 6 heterocycles. The summed E-state index contributed by atoms with van der Waals surface area (Å²) in [7, 11) is 0. The molecule has 2 N–H and O–H groups in total. The standard InChI is InChI=1S/C22H15N7S/c1-12-4-7-18(30-12)14-10-24-11-17-19(14)27-22(26-17)21-20-16(28-29-21)6-5-15(25-20)13-3-2-8-23-9-13/h2-11H,1H3,(H,26,27)(H,28,29). The van der Waals surface area contributed by atoms with Crippen LogP contribution < -0.4 is 0 Å². The van der Waals surface area contributed by atoms with E-state index < -0.39 is 0 Å². The van der Waals surface area contributed by atoms with E-state index in [1.807, 2.05) is 30.5 Å². The van der Waals surface area contributed by atoms with Crippen LogP contribution >= 0.6 is 11.3 Å². The van der Waals surface area contributed by atoms with Crippen LogP contribution in [0.2, 0.25) is 0 Å². The van der Waals surface area contributed by atoms with Crippen molar-refractivity contribution in [2.75, 3.05) is 0 Å². The number of fused-ring (bicyclic) bond motifs is 2. The molecule has 6 aromatic rings. The molecule has 6 rings (SSSR count). The van der Waals surface area contributed by atoms with Gasteiger partial charge in [-0.3, -0.25) is 15.1 Å². The second-order valence-corrected chi connectivity index (χ2v) is 8.27. The molecule has 30 heavy (non-hydrogen) atoms. The predicted molar refractivity (Wildman–Crippen MR) is 118 cm³/mol. The minimum Gasteiger partial charge on any atom is -0.335 e. The minimum atomic E-state index is 0.662. The SMILES string of the molecule is Cc1ccc(-c2cncc3[nH]c(-c4n[nH]c5ccc(-c6cccnc6)nc45)nc23)s1. The Morgan fingerprint density at radius 2 is 1.83 bits per heavy atom. The number of nitrogens with zero attached hydrogens (tertiary/aromatic N) is 5. The number of aromatic amines is 2. The van der Waals surface area contributed by atoms with Crippen molar-refractivity contribution in [2.24, 2.45) is 0 Å². The first kappa shape index (κ1) is 17.0. The Balaban J connectivity index is 1.52. The van der Waals surface area contributed by atoms with Crippen molar-refractivity contribution in [3.63, 3.8) is 0 Å². The summed E-state index contributed by atoms with van der Waals surface area (Å²) in [6.45, 7) is 2.10. The molecule has 0 aromatic carbocycles. The quantitative estimate of drug-likeness (QED) is 0.429. The average molecular weight is 409 g/mol. The number of aryl methyl sites for hydroxylation is 1. The largest absolute Gasteiger partial charge is 0.335 e. The zero-order valence-corrected chi connectivity index (χ0v) is 16.7. The maximum atomic E-state index is 4.87. The van der Waals surface area contributed by atoms with E-state index in [-0.39, 0.29) is 0 Å². The summed E-state index contributed by atoms with van der Waals surface area (Å²) in [5.74, 6) is 0.662. The molecule has 0 aliphatic carbocycles. The number of nitrogens with one attached hydrogen (secondary N) is 2. The summed E-state index contributed by atoms with van der Waals surface area (Å²) >= 11 is 1.73. The van der Waals surface area contributed by atoms with Gasteiger partial charge >= 0.3 is 0 Å². The molecule has 0 aliphatic rings. The highest BCUT2D eigenvalue weighted by atomic mass is 32.1. The number of imidazole rings is 1. The van der Waals surface area contributed by atoms with E-state index in [1.54, 1.807) is 29.9 Å². The number of pyridine rings is 3. The van der Waals surface area contributed by atoms with Gasteiger partial charge in [0.2, 0.25) is 0 Å². The maximum Gasteiger partial charge on any atom is 0.161 e. The summed E-state index contributed by atoms with van der Waals surface area (Å²) in [6, 6.07) is 12.0. The van der Waals surface area contributed by atoms with Crippen LogP contribution in [0.4, 0.5) is 0 Å². The Hall–Kier alpha value is -3.91. The van der Waals surface area contributed by atoms with Gasteiger partial charge in [0, 0.05) is 39.5 Å². The topological polar surface area (TPSA) is 96.0 Å². The summed E-state index contributed by atoms with van der Waals surface area (Å²) < 4.78 is 0. The fourth-order valence-corrected chi connectivity index (χ4v) is 4.42. The van der Waals surface area contributed by atoms with Gasteiger partial charge in [0.15, 0.2) is 11.5 Å². The van der Waals surface area contributed by atoms with E-state index in [4.69, 9.17) is 9.97 Å². The molecule has 8 heteroatoms. The van der Waals surface area contributed by atoms with Gasteiger partial charge in [0.05, 0.1) is 22.9 Å². The van der Waals surface area contributed by atoms with Crippen molar-refractivity contribution >= 4 is 33.4 Å². The van der Waals surface area contributed by atoms with Crippen molar-refractivity contribution in [3.8, 4) is 33.2 Å². The number of aromatic nitrogens is 7. The van der Waals surface area contributed by atoms with Crippen LogP contribution in [0, 0.1) is 6.92 Å². The number of hydrogen-bond donors (Lipinski definition) is 2. The lowest BCUT2D eigenvalue weighted by Gasteiger charge is -2.00. The fourth-order valence-electron chi connectivity index (χ4n) is 3.54. The van der Waals surface area contributed by atoms with Crippen LogP contribution in [0.3, 0.4) is 0 Å². The Kier molecular flexibility index (Phi) is 3.72. The van der Waals surface area contributed by atoms with Crippen molar-refractivity contribution in [1.29, 1.82) is 0 Å². The molecule has 0 unspecified atom stereocenters. The minimum absolute atomic E-state index is 0.662. The van der Waals surface area contributed by atoms with Gasteiger partial charge in [-0.2, -0.15) is 5.10 Å². The smallest absolute Gasteiger partial charge is 0.161 e. The number of rotatable bonds is 3. The molecule has 0 saturated carbocycles. The van der Waals surface area contributed by atoms with Gasteiger partial charge in [0.1, 0.15) is 11.0 Å². The Labute approximate surface area is 174 Å². The summed E-state index contributed by atoms with van der Waals surface area (Å²) in [5, 5.41) is 7.55. The third kappa shape index (κ3) is 2.69. The molecule has 0 aliphatic heterocycles. The summed E-state index contributed by atoms with van der Waals surface area (Å²) in [4.78, 5) is 24.0. The number of hydrogen-bond acceptors (Lipinski definition) is 6. The monoisotopic (exact) mass is 409 g/mol. The fraction of sp³-hybridized carbons (Fsp3) is 0.0455. The van der Waals surface area contributed by atoms with E-state index in [9.17, 15) is 0 Å². The molecule has 0 bridgehead atoms. The van der Waals surface area contributed by atoms with Crippen molar-refractivity contribution in [3.05, 3.63) is 66.1 Å². The van der Waals surface area contributed by atoms with Crippen LogP contribution in [0.1, 0.15) is 4.88 Å². The third-order valence-corrected chi connectivity index (χ3v) is 6.02. The van der Waals surface area contributed by atoms with Gasteiger partial charge in [0.25, 0.3) is 0 Å². The van der Waals surface area contributed by atoms with Crippen molar-refractivity contribution < 1.29 is 0 Å². The highest BCUT2D eigenvalue weighted by Crippen LogP contribution is 2.34. The van der Waals surface area contributed by atoms with Gasteiger partial charge in [-0.15, -0.1) is 11.3 Å². The Morgan fingerprint density at radius 1 is 0.867 bits per heavy atom. The zero-order valence-electron chi connectivity index (χ0n) is 15.9. The average Bonchev–Trinajstić information content (AvgIpc) is 3.51. The van der Waals surface area contributed by atoms with Crippen LogP contribution in [0.15, 0.2) is 61.2 Å². The van der Waals surface area contributed by atoms with Crippen LogP contribution in [0.5, 0.6) is 0 Å². The van der Waals surface area contributed by atoms with E-state index >= 15 is 0 Å². The lowest BCUT2D eigenvalue weighted by molar-refractivity contribution is 1.10. The van der Waals surface area contributed by atoms with Gasteiger partial charge in [-0.1, -0.05) is 0 Å². The van der Waals surface area contributed by atoms with Crippen LogP contribution in [-0.2, 0) is 0 Å². The number of H-pyrrole nitrogens is 2. The lowest BCUT2D eigenvalue weighted by Crippen LogP contribution is -1.87. The first-order chi connectivity index (χ1) is 14.8. The molecule has 144 valence electrons. The molecule has 6 aromatic heterocycles. The second-order valence-electron chi connectivity index (χ2n) is 6.99. The first-order valence-corrected chi connectivity index (χ1v) is 10.2. The molecular formula is C22H15N7S. The first-order valence-electron chi connectivity index (χ1n) is 9.43. The second kappa shape index (κ2) is 6.57. The Bertz CT molecular complexity index is 1510. The molecule has 0 spiro atoms. The van der Waals surface area contributed by atoms with Crippen LogP contribution in [-0.4, -0.2) is 35.1 Å². The molecule has 0 fully saturated rings. The molecule has 0 saturated heterocycles. The molecule has 7 nitrogen and oxygen atoms in total. The molecule has 0 amide bonds. The zero-order chi connectivity index (χ0) is 20.1. The molecule has 0 radical (unpaired) electrons. The third-order valence-electron chi connectivity index (χ3n) is 4.99. The van der Waals surface area contributed by atoms with E-state index in [2.05, 4.69) is 44.2 Å². The normalized spacial score (nSPS) is 11.5. The molecular weight excluding hydrogens is 394 g/mol.